The number of rotatable bonds is 5. The van der Waals surface area contributed by atoms with Crippen molar-refractivity contribution in [2.24, 2.45) is 5.92 Å². The Morgan fingerprint density at radius 1 is 1.41 bits per heavy atom. The molecule has 1 heterocycles. The van der Waals surface area contributed by atoms with Crippen LogP contribution < -0.4 is 4.74 Å². The molecule has 1 aromatic carbocycles. The van der Waals surface area contributed by atoms with Gasteiger partial charge in [-0.25, -0.2) is 4.68 Å². The molecule has 1 fully saturated rings. The number of benzene rings is 1. The molecule has 1 saturated carbocycles. The van der Waals surface area contributed by atoms with Crippen LogP contribution in [-0.4, -0.2) is 41.3 Å². The average molecular weight is 299 g/mol. The van der Waals surface area contributed by atoms with Crippen molar-refractivity contribution in [2.45, 2.75) is 19.8 Å². The molecule has 1 amide bonds. The number of hydrogen-bond acceptors (Lipinski definition) is 3. The summed E-state index contributed by atoms with van der Waals surface area (Å²) in [5, 5.41) is 4.42. The largest absolute Gasteiger partial charge is 0.494 e. The lowest BCUT2D eigenvalue weighted by molar-refractivity contribution is 0.0782. The quantitative estimate of drug-likeness (QED) is 0.853. The standard InChI is InChI=1S/C17H21N3O2/c1-12-4-7-16(22-3)15(10-12)20-9-8-14(18-20)17(21)19(2)11-13-5-6-13/h4,7-10,13H,5-6,11H2,1-3H3. The summed E-state index contributed by atoms with van der Waals surface area (Å²) in [6, 6.07) is 7.65. The highest BCUT2D eigenvalue weighted by molar-refractivity contribution is 5.92. The van der Waals surface area contributed by atoms with Crippen LogP contribution in [0.15, 0.2) is 30.5 Å². The fourth-order valence-corrected chi connectivity index (χ4v) is 2.52. The van der Waals surface area contributed by atoms with Crippen molar-refractivity contribution in [3.8, 4) is 11.4 Å². The molecule has 116 valence electrons. The van der Waals surface area contributed by atoms with E-state index in [1.165, 1.54) is 12.8 Å². The van der Waals surface area contributed by atoms with E-state index in [-0.39, 0.29) is 5.91 Å². The zero-order valence-electron chi connectivity index (χ0n) is 13.2. The molecular weight excluding hydrogens is 278 g/mol. The van der Waals surface area contributed by atoms with Crippen molar-refractivity contribution < 1.29 is 9.53 Å². The van der Waals surface area contributed by atoms with Gasteiger partial charge in [0.15, 0.2) is 5.69 Å². The molecule has 0 spiro atoms. The Morgan fingerprint density at radius 2 is 2.18 bits per heavy atom. The van der Waals surface area contributed by atoms with Crippen molar-refractivity contribution in [1.29, 1.82) is 0 Å². The van der Waals surface area contributed by atoms with Crippen LogP contribution in [0.1, 0.15) is 28.9 Å². The molecule has 5 heteroatoms. The highest BCUT2D eigenvalue weighted by atomic mass is 16.5. The summed E-state index contributed by atoms with van der Waals surface area (Å²) in [5.74, 6) is 1.38. The summed E-state index contributed by atoms with van der Waals surface area (Å²) in [6.45, 7) is 2.83. The molecule has 5 nitrogen and oxygen atoms in total. The van der Waals surface area contributed by atoms with Crippen molar-refractivity contribution >= 4 is 5.91 Å². The smallest absolute Gasteiger partial charge is 0.274 e. The van der Waals surface area contributed by atoms with Crippen LogP contribution >= 0.6 is 0 Å². The minimum absolute atomic E-state index is 0.0303. The third-order valence-corrected chi connectivity index (χ3v) is 3.97. The van der Waals surface area contributed by atoms with E-state index in [4.69, 9.17) is 4.74 Å². The zero-order valence-corrected chi connectivity index (χ0v) is 13.2. The van der Waals surface area contributed by atoms with Gasteiger partial charge in [0.05, 0.1) is 7.11 Å². The Kier molecular flexibility index (Phi) is 3.88. The van der Waals surface area contributed by atoms with Crippen LogP contribution in [0.25, 0.3) is 5.69 Å². The highest BCUT2D eigenvalue weighted by Gasteiger charge is 2.26. The summed E-state index contributed by atoms with van der Waals surface area (Å²) >= 11 is 0. The first-order valence-electron chi connectivity index (χ1n) is 7.54. The maximum Gasteiger partial charge on any atom is 0.274 e. The fraction of sp³-hybridized carbons (Fsp3) is 0.412. The van der Waals surface area contributed by atoms with E-state index in [1.807, 2.05) is 32.2 Å². The monoisotopic (exact) mass is 299 g/mol. The van der Waals surface area contributed by atoms with E-state index in [9.17, 15) is 4.79 Å². The minimum atomic E-state index is -0.0303. The van der Waals surface area contributed by atoms with Gasteiger partial charge in [-0.2, -0.15) is 5.10 Å². The third kappa shape index (κ3) is 2.98. The molecule has 22 heavy (non-hydrogen) atoms. The lowest BCUT2D eigenvalue weighted by atomic mass is 10.2. The van der Waals surface area contributed by atoms with Crippen LogP contribution in [0.3, 0.4) is 0 Å². The Hall–Kier alpha value is -2.30. The predicted molar refractivity (Wildman–Crippen MR) is 84.5 cm³/mol. The van der Waals surface area contributed by atoms with Crippen LogP contribution in [0.4, 0.5) is 0 Å². The Morgan fingerprint density at radius 3 is 2.86 bits per heavy atom. The van der Waals surface area contributed by atoms with Crippen molar-refractivity contribution in [2.75, 3.05) is 20.7 Å². The summed E-state index contributed by atoms with van der Waals surface area (Å²) in [6.07, 6.45) is 4.26. The predicted octanol–water partition coefficient (Wildman–Crippen LogP) is 2.67. The van der Waals surface area contributed by atoms with Gasteiger partial charge in [-0.05, 0) is 49.4 Å². The number of ether oxygens (including phenoxy) is 1. The van der Waals surface area contributed by atoms with Gasteiger partial charge in [-0.15, -0.1) is 0 Å². The second kappa shape index (κ2) is 5.83. The number of nitrogens with zero attached hydrogens (tertiary/aromatic N) is 3. The van der Waals surface area contributed by atoms with E-state index in [2.05, 4.69) is 5.10 Å². The van der Waals surface area contributed by atoms with Crippen molar-refractivity contribution in [1.82, 2.24) is 14.7 Å². The van der Waals surface area contributed by atoms with Crippen LogP contribution in [0.2, 0.25) is 0 Å². The number of methoxy groups -OCH3 is 1. The Balaban J connectivity index is 1.84. The van der Waals surface area contributed by atoms with E-state index < -0.39 is 0 Å². The Bertz CT molecular complexity index is 689. The van der Waals surface area contributed by atoms with Gasteiger partial charge < -0.3 is 9.64 Å². The van der Waals surface area contributed by atoms with Gasteiger partial charge in [-0.1, -0.05) is 6.07 Å². The molecule has 0 unspecified atom stereocenters. The normalized spacial score (nSPS) is 14.0. The third-order valence-electron chi connectivity index (χ3n) is 3.97. The molecule has 0 N–H and O–H groups in total. The van der Waals surface area contributed by atoms with Crippen LogP contribution in [0.5, 0.6) is 5.75 Å². The van der Waals surface area contributed by atoms with E-state index >= 15 is 0 Å². The molecule has 0 aliphatic heterocycles. The summed E-state index contributed by atoms with van der Waals surface area (Å²) in [5.41, 5.74) is 2.42. The van der Waals surface area contributed by atoms with E-state index in [1.54, 1.807) is 29.0 Å². The molecule has 1 aromatic heterocycles. The SMILES string of the molecule is COc1ccc(C)cc1-n1ccc(C(=O)N(C)CC2CC2)n1. The van der Waals surface area contributed by atoms with Gasteiger partial charge in [0.2, 0.25) is 0 Å². The summed E-state index contributed by atoms with van der Waals surface area (Å²) in [4.78, 5) is 14.2. The molecule has 1 aliphatic carbocycles. The second-order valence-corrected chi connectivity index (χ2v) is 5.95. The van der Waals surface area contributed by atoms with E-state index in [0.29, 0.717) is 11.6 Å². The number of aryl methyl sites for hydroxylation is 1. The van der Waals surface area contributed by atoms with Gasteiger partial charge in [0.25, 0.3) is 5.91 Å². The number of aromatic nitrogens is 2. The second-order valence-electron chi connectivity index (χ2n) is 5.95. The lowest BCUT2D eigenvalue weighted by Gasteiger charge is -2.15. The number of hydrogen-bond donors (Lipinski definition) is 0. The zero-order chi connectivity index (χ0) is 15.7. The molecule has 3 rings (SSSR count). The molecule has 0 bridgehead atoms. The highest BCUT2D eigenvalue weighted by Crippen LogP contribution is 2.29. The molecule has 1 aliphatic rings. The molecular formula is C17H21N3O2. The number of amides is 1. The van der Waals surface area contributed by atoms with Crippen LogP contribution in [0, 0.1) is 12.8 Å². The first-order chi connectivity index (χ1) is 10.6. The van der Waals surface area contributed by atoms with Gasteiger partial charge in [-0.3, -0.25) is 4.79 Å². The number of carbonyl (C=O) groups excluding carboxylic acids is 1. The topological polar surface area (TPSA) is 47.4 Å². The first kappa shape index (κ1) is 14.6. The molecule has 2 aromatic rings. The maximum atomic E-state index is 12.4. The molecule has 0 saturated heterocycles. The number of carbonyl (C=O) groups is 1. The van der Waals surface area contributed by atoms with Crippen LogP contribution in [-0.2, 0) is 0 Å². The molecule has 0 radical (unpaired) electrons. The lowest BCUT2D eigenvalue weighted by Crippen LogP contribution is -2.29. The summed E-state index contributed by atoms with van der Waals surface area (Å²) in [7, 11) is 3.47. The summed E-state index contributed by atoms with van der Waals surface area (Å²) < 4.78 is 7.08. The van der Waals surface area contributed by atoms with Crippen molar-refractivity contribution in [3.63, 3.8) is 0 Å². The fourth-order valence-electron chi connectivity index (χ4n) is 2.52. The van der Waals surface area contributed by atoms with Gasteiger partial charge in [0, 0.05) is 19.8 Å². The van der Waals surface area contributed by atoms with Crippen molar-refractivity contribution in [3.05, 3.63) is 41.7 Å². The Labute approximate surface area is 130 Å². The maximum absolute atomic E-state index is 12.4. The molecule has 0 atom stereocenters. The van der Waals surface area contributed by atoms with E-state index in [0.717, 1.165) is 23.5 Å². The average Bonchev–Trinajstić information content (AvgIpc) is 3.19. The van der Waals surface area contributed by atoms with Gasteiger partial charge >= 0.3 is 0 Å². The van der Waals surface area contributed by atoms with Gasteiger partial charge in [0.1, 0.15) is 11.4 Å². The minimum Gasteiger partial charge on any atom is -0.494 e. The first-order valence-corrected chi connectivity index (χ1v) is 7.54.